The summed E-state index contributed by atoms with van der Waals surface area (Å²) in [5.41, 5.74) is 0.321. The summed E-state index contributed by atoms with van der Waals surface area (Å²) >= 11 is 5.55. The number of alkyl halides is 5. The Morgan fingerprint density at radius 3 is 2.38 bits per heavy atom. The minimum atomic E-state index is -3.13. The van der Waals surface area contributed by atoms with E-state index in [-0.39, 0.29) is 28.6 Å². The van der Waals surface area contributed by atoms with Crippen LogP contribution in [0, 0.1) is 0 Å². The third kappa shape index (κ3) is 4.01. The van der Waals surface area contributed by atoms with E-state index in [9.17, 15) is 17.6 Å². The van der Waals surface area contributed by atoms with Crippen LogP contribution in [0.5, 0.6) is 11.5 Å². The van der Waals surface area contributed by atoms with Gasteiger partial charge in [-0.3, -0.25) is 0 Å². The van der Waals surface area contributed by atoms with Crippen molar-refractivity contribution in [1.82, 2.24) is 5.16 Å². The van der Waals surface area contributed by atoms with Gasteiger partial charge in [0.1, 0.15) is 17.2 Å². The van der Waals surface area contributed by atoms with Gasteiger partial charge in [0.05, 0.1) is 5.88 Å². The number of aromatic nitrogens is 1. The Balaban J connectivity index is 2.38. The van der Waals surface area contributed by atoms with Crippen LogP contribution in [0.2, 0.25) is 0 Å². The van der Waals surface area contributed by atoms with Gasteiger partial charge in [0.25, 0.3) is 0 Å². The van der Waals surface area contributed by atoms with E-state index in [0.717, 1.165) is 6.07 Å². The highest BCUT2D eigenvalue weighted by Crippen LogP contribution is 2.34. The molecule has 0 aliphatic heterocycles. The van der Waals surface area contributed by atoms with E-state index in [1.807, 2.05) is 0 Å². The highest BCUT2D eigenvalue weighted by Gasteiger charge is 2.17. The molecule has 2 rings (SSSR count). The molecular weight excluding hydrogens is 318 g/mol. The largest absolute Gasteiger partial charge is 0.435 e. The first-order valence-electron chi connectivity index (χ1n) is 5.55. The summed E-state index contributed by atoms with van der Waals surface area (Å²) in [6.07, 6.45) is 0. The molecule has 0 saturated carbocycles. The number of nitrogens with zero attached hydrogens (tertiary/aromatic N) is 1. The maximum atomic E-state index is 12.4. The maximum absolute atomic E-state index is 12.4. The first kappa shape index (κ1) is 15.4. The average molecular weight is 326 g/mol. The minimum Gasteiger partial charge on any atom is -0.435 e. The highest BCUT2D eigenvalue weighted by molar-refractivity contribution is 6.16. The Morgan fingerprint density at radius 1 is 1.10 bits per heavy atom. The lowest BCUT2D eigenvalue weighted by Gasteiger charge is -2.11. The van der Waals surface area contributed by atoms with Gasteiger partial charge in [-0.2, -0.15) is 17.6 Å². The van der Waals surface area contributed by atoms with Crippen molar-refractivity contribution in [3.8, 4) is 22.8 Å². The summed E-state index contributed by atoms with van der Waals surface area (Å²) in [7, 11) is 0. The van der Waals surface area contributed by atoms with Crippen LogP contribution in [-0.2, 0) is 5.88 Å². The van der Waals surface area contributed by atoms with E-state index in [1.54, 1.807) is 0 Å². The van der Waals surface area contributed by atoms with E-state index in [4.69, 9.17) is 16.1 Å². The summed E-state index contributed by atoms with van der Waals surface area (Å²) in [6, 6.07) is 4.77. The van der Waals surface area contributed by atoms with Gasteiger partial charge < -0.3 is 14.0 Å². The van der Waals surface area contributed by atoms with Crippen LogP contribution in [0.4, 0.5) is 17.6 Å². The standard InChI is InChI=1S/C12H8ClF4NO3/c13-5-7-3-9(18-21-7)8-2-1-6(19-11(14)15)4-10(8)20-12(16)17/h1-4,11-12H,5H2. The molecule has 4 nitrogen and oxygen atoms in total. The molecule has 1 aromatic heterocycles. The molecule has 0 atom stereocenters. The molecule has 0 N–H and O–H groups in total. The van der Waals surface area contributed by atoms with E-state index < -0.39 is 13.2 Å². The van der Waals surface area contributed by atoms with Crippen LogP contribution in [0.25, 0.3) is 11.3 Å². The quantitative estimate of drug-likeness (QED) is 0.587. The predicted octanol–water partition coefficient (Wildman–Crippen LogP) is 4.28. The van der Waals surface area contributed by atoms with Crippen molar-refractivity contribution in [3.05, 3.63) is 30.0 Å². The second-order valence-electron chi connectivity index (χ2n) is 3.73. The molecule has 9 heteroatoms. The third-order valence-electron chi connectivity index (χ3n) is 2.36. The SMILES string of the molecule is FC(F)Oc1ccc(-c2cc(CCl)on2)c(OC(F)F)c1. The lowest BCUT2D eigenvalue weighted by molar-refractivity contribution is -0.0540. The van der Waals surface area contributed by atoms with Crippen LogP contribution >= 0.6 is 11.6 Å². The number of rotatable bonds is 6. The molecule has 0 spiro atoms. The molecule has 1 aromatic carbocycles. The number of hydrogen-bond donors (Lipinski definition) is 0. The van der Waals surface area contributed by atoms with Crippen LogP contribution in [-0.4, -0.2) is 18.4 Å². The zero-order chi connectivity index (χ0) is 15.4. The highest BCUT2D eigenvalue weighted by atomic mass is 35.5. The van der Waals surface area contributed by atoms with Gasteiger partial charge in [-0.05, 0) is 12.1 Å². The van der Waals surface area contributed by atoms with Gasteiger partial charge in [-0.15, -0.1) is 11.6 Å². The molecular formula is C12H8ClF4NO3. The molecule has 114 valence electrons. The van der Waals surface area contributed by atoms with E-state index in [0.29, 0.717) is 5.76 Å². The molecule has 0 fully saturated rings. The molecule has 21 heavy (non-hydrogen) atoms. The molecule has 0 radical (unpaired) electrons. The Hall–Kier alpha value is -1.96. The number of hydrogen-bond acceptors (Lipinski definition) is 4. The number of halogens is 5. The fourth-order valence-corrected chi connectivity index (χ4v) is 1.71. The van der Waals surface area contributed by atoms with Crippen molar-refractivity contribution in [2.24, 2.45) is 0 Å². The lowest BCUT2D eigenvalue weighted by Crippen LogP contribution is -2.05. The Kier molecular flexibility index (Phi) is 4.89. The van der Waals surface area contributed by atoms with Crippen LogP contribution in [0.3, 0.4) is 0 Å². The normalized spacial score (nSPS) is 11.2. The van der Waals surface area contributed by atoms with Crippen molar-refractivity contribution in [2.75, 3.05) is 0 Å². The molecule has 0 unspecified atom stereocenters. The van der Waals surface area contributed by atoms with Crippen molar-refractivity contribution in [2.45, 2.75) is 19.1 Å². The summed E-state index contributed by atoms with van der Waals surface area (Å²) in [6.45, 7) is -6.21. The van der Waals surface area contributed by atoms with E-state index in [1.165, 1.54) is 18.2 Å². The monoisotopic (exact) mass is 325 g/mol. The van der Waals surface area contributed by atoms with Crippen molar-refractivity contribution in [1.29, 1.82) is 0 Å². The molecule has 0 saturated heterocycles. The summed E-state index contributed by atoms with van der Waals surface area (Å²) < 4.78 is 62.3. The zero-order valence-electron chi connectivity index (χ0n) is 10.2. The van der Waals surface area contributed by atoms with Gasteiger partial charge in [-0.25, -0.2) is 0 Å². The maximum Gasteiger partial charge on any atom is 0.387 e. The first-order chi connectivity index (χ1) is 9.99. The smallest absolute Gasteiger partial charge is 0.387 e. The second-order valence-corrected chi connectivity index (χ2v) is 3.99. The van der Waals surface area contributed by atoms with Gasteiger partial charge in [0, 0.05) is 17.7 Å². The Bertz CT molecular complexity index is 606. The predicted molar refractivity (Wildman–Crippen MR) is 64.8 cm³/mol. The fraction of sp³-hybridized carbons (Fsp3) is 0.250. The topological polar surface area (TPSA) is 44.5 Å². The van der Waals surface area contributed by atoms with Gasteiger partial charge >= 0.3 is 13.2 Å². The average Bonchev–Trinajstić information content (AvgIpc) is 2.86. The zero-order valence-corrected chi connectivity index (χ0v) is 11.0. The van der Waals surface area contributed by atoms with Crippen molar-refractivity contribution < 1.29 is 31.6 Å². The molecule has 0 aliphatic carbocycles. The first-order valence-corrected chi connectivity index (χ1v) is 6.08. The number of ether oxygens (including phenoxy) is 2. The van der Waals surface area contributed by atoms with Crippen molar-refractivity contribution in [3.63, 3.8) is 0 Å². The lowest BCUT2D eigenvalue weighted by atomic mass is 10.1. The molecule has 0 bridgehead atoms. The van der Waals surface area contributed by atoms with Crippen molar-refractivity contribution >= 4 is 11.6 Å². The minimum absolute atomic E-state index is 0.0462. The van der Waals surface area contributed by atoms with Gasteiger partial charge in [0.2, 0.25) is 0 Å². The van der Waals surface area contributed by atoms with Crippen LogP contribution < -0.4 is 9.47 Å². The van der Waals surface area contributed by atoms with Gasteiger partial charge in [0.15, 0.2) is 5.76 Å². The summed E-state index contributed by atoms with van der Waals surface area (Å²) in [5.74, 6) is -0.310. The summed E-state index contributed by atoms with van der Waals surface area (Å²) in [5, 5.41) is 3.64. The fourth-order valence-electron chi connectivity index (χ4n) is 1.59. The summed E-state index contributed by atoms with van der Waals surface area (Å²) in [4.78, 5) is 0. The molecule has 0 amide bonds. The van der Waals surface area contributed by atoms with Crippen LogP contribution in [0.15, 0.2) is 28.8 Å². The molecule has 0 aliphatic rings. The van der Waals surface area contributed by atoms with E-state index in [2.05, 4.69) is 14.6 Å². The van der Waals surface area contributed by atoms with Crippen LogP contribution in [0.1, 0.15) is 5.76 Å². The van der Waals surface area contributed by atoms with Gasteiger partial charge in [-0.1, -0.05) is 5.16 Å². The molecule has 1 heterocycles. The second kappa shape index (κ2) is 6.66. The molecule has 2 aromatic rings. The van der Waals surface area contributed by atoms with E-state index >= 15 is 0 Å². The number of benzene rings is 1. The third-order valence-corrected chi connectivity index (χ3v) is 2.62. The Labute approximate surface area is 121 Å². The Morgan fingerprint density at radius 2 is 1.81 bits per heavy atom.